The molecule has 27 nitrogen and oxygen atoms in total. The first-order valence-electron chi connectivity index (χ1n) is 24.6. The molecule has 3 aromatic carbocycles. The maximum Gasteiger partial charge on any atom is 0.330 e. The average Bonchev–Trinajstić information content (AvgIpc) is 4.09. The van der Waals surface area contributed by atoms with Crippen LogP contribution in [0.15, 0.2) is 79.0 Å². The van der Waals surface area contributed by atoms with Gasteiger partial charge in [-0.15, -0.1) is 0 Å². The number of aromatic nitrogens is 1. The lowest BCUT2D eigenvalue weighted by molar-refractivity contribution is -0.160. The summed E-state index contributed by atoms with van der Waals surface area (Å²) in [5.74, 6) is -6.16. The van der Waals surface area contributed by atoms with E-state index in [4.69, 9.17) is 75.1 Å². The van der Waals surface area contributed by atoms with E-state index >= 15 is 0 Å². The first-order chi connectivity index (χ1) is 36.9. The molecule has 1 aliphatic rings. The lowest BCUT2D eigenvalue weighted by Crippen LogP contribution is -2.38. The van der Waals surface area contributed by atoms with Gasteiger partial charge < -0.3 is 95.9 Å². The van der Waals surface area contributed by atoms with Gasteiger partial charge in [0.15, 0.2) is 0 Å². The lowest BCUT2D eigenvalue weighted by atomic mass is 10.1. The normalized spacial score (nSPS) is 14.5. The number of carboxylic acid groups (broad SMARTS) is 5. The van der Waals surface area contributed by atoms with Crippen molar-refractivity contribution < 1.29 is 82.9 Å². The number of aromatic amines is 1. The van der Waals surface area contributed by atoms with Gasteiger partial charge in [0.2, 0.25) is 0 Å². The number of carboxylic acids is 5. The van der Waals surface area contributed by atoms with Crippen LogP contribution in [-0.2, 0) is 67.2 Å². The molecule has 5 rings (SSSR count). The summed E-state index contributed by atoms with van der Waals surface area (Å²) in [4.78, 5) is 99.4. The highest BCUT2D eigenvalue weighted by molar-refractivity contribution is 5.89. The quantitative estimate of drug-likeness (QED) is 0.0309. The minimum atomic E-state index is -1.05. The third-order valence-corrected chi connectivity index (χ3v) is 10.6. The molecule has 0 unspecified atom stereocenters. The second kappa shape index (κ2) is 37.9. The molecule has 1 saturated heterocycles. The SMILES string of the molecule is CC(C)C[C@H](N)C(=O)O.CC(C)[C@H](N)C(=O)Oc1ccc(C[C@H](N)C(=O)O)cc1.C[C@H](N)C(=O)O.NCC(=O)O.NCC(=O)OC(=O)[C@@H](N)Cc1ccc(OC(=O)[C@@H]2CCCN2)cc1.N[C@@H](Cc1c[nH]c2ccccc12)C(=O)O. The average molecular weight is 1120 g/mol. The lowest BCUT2D eigenvalue weighted by Gasteiger charge is -2.14. The van der Waals surface area contributed by atoms with Crippen LogP contribution in [0.4, 0.5) is 0 Å². The fourth-order valence-corrected chi connectivity index (χ4v) is 6.06. The molecule has 1 aromatic heterocycles. The van der Waals surface area contributed by atoms with Crippen molar-refractivity contribution >= 4 is 64.6 Å². The van der Waals surface area contributed by atoms with Gasteiger partial charge in [0, 0.05) is 23.5 Å². The van der Waals surface area contributed by atoms with E-state index in [1.807, 2.05) is 58.2 Å². The topological polar surface area (TPSA) is 518 Å². The van der Waals surface area contributed by atoms with Gasteiger partial charge >= 0.3 is 53.7 Å². The van der Waals surface area contributed by atoms with Crippen LogP contribution in [0.1, 0.15) is 70.6 Å². The summed E-state index contributed by atoms with van der Waals surface area (Å²) in [6.45, 7) is 9.15. The van der Waals surface area contributed by atoms with Gasteiger partial charge in [0.05, 0.1) is 13.1 Å². The second-order valence-corrected chi connectivity index (χ2v) is 18.3. The molecule has 0 saturated carbocycles. The van der Waals surface area contributed by atoms with Crippen molar-refractivity contribution in [1.82, 2.24) is 10.3 Å². The van der Waals surface area contributed by atoms with Crippen LogP contribution in [0.5, 0.6) is 11.5 Å². The Balaban J connectivity index is 0.000000999. The summed E-state index contributed by atoms with van der Waals surface area (Å²) >= 11 is 0. The van der Waals surface area contributed by atoms with Crippen LogP contribution in [-0.4, -0.2) is 146 Å². The summed E-state index contributed by atoms with van der Waals surface area (Å²) in [7, 11) is 0. The van der Waals surface area contributed by atoms with Gasteiger partial charge in [-0.2, -0.15) is 0 Å². The molecule has 2 heterocycles. The Morgan fingerprint density at radius 2 is 1.06 bits per heavy atom. The van der Waals surface area contributed by atoms with E-state index in [1.165, 1.54) is 6.92 Å². The van der Waals surface area contributed by atoms with E-state index in [2.05, 4.69) is 20.8 Å². The first kappa shape index (κ1) is 71.3. The number of carbonyl (C=O) groups is 9. The van der Waals surface area contributed by atoms with Crippen LogP contribution in [0.25, 0.3) is 10.9 Å². The molecule has 0 aliphatic carbocycles. The molecule has 1 aliphatic heterocycles. The molecule has 23 N–H and O–H groups in total. The number of fused-ring (bicyclic) bond motifs is 1. The summed E-state index contributed by atoms with van der Waals surface area (Å²) in [6, 6.07) is 15.8. The van der Waals surface area contributed by atoms with Crippen LogP contribution in [0.2, 0.25) is 0 Å². The maximum atomic E-state index is 11.9. The Morgan fingerprint density at radius 1 is 0.595 bits per heavy atom. The Hall–Kier alpha value is -7.73. The number of nitrogens with two attached hydrogens (primary N) is 8. The van der Waals surface area contributed by atoms with Gasteiger partial charge in [0.25, 0.3) is 0 Å². The fraction of sp³-hybridized carbons (Fsp3) is 0.442. The van der Waals surface area contributed by atoms with Crippen LogP contribution >= 0.6 is 0 Å². The number of H-pyrrole nitrogens is 1. The highest BCUT2D eigenvalue weighted by atomic mass is 16.6. The molecule has 7 atom stereocenters. The van der Waals surface area contributed by atoms with Crippen molar-refractivity contribution in [2.45, 2.75) is 115 Å². The van der Waals surface area contributed by atoms with Gasteiger partial charge in [-0.3, -0.25) is 28.8 Å². The Kier molecular flexibility index (Phi) is 34.2. The molecule has 1 fully saturated rings. The molecular formula is C52H78N10O17. The van der Waals surface area contributed by atoms with E-state index < -0.39 is 84.0 Å². The summed E-state index contributed by atoms with van der Waals surface area (Å²) < 4.78 is 14.9. The van der Waals surface area contributed by atoms with Crippen LogP contribution < -0.4 is 60.7 Å². The van der Waals surface area contributed by atoms with Crippen molar-refractivity contribution in [3.8, 4) is 11.5 Å². The van der Waals surface area contributed by atoms with Crippen molar-refractivity contribution in [3.05, 3.63) is 95.7 Å². The molecule has 0 bridgehead atoms. The van der Waals surface area contributed by atoms with Gasteiger partial charge in [0.1, 0.15) is 53.8 Å². The summed E-state index contributed by atoms with van der Waals surface area (Å²) in [5.41, 5.74) is 45.4. The number of esters is 4. The summed E-state index contributed by atoms with van der Waals surface area (Å²) in [6.07, 6.45) is 4.85. The first-order valence-corrected chi connectivity index (χ1v) is 24.6. The number of carbonyl (C=O) groups excluding carboxylic acids is 4. The maximum absolute atomic E-state index is 11.9. The molecule has 0 amide bonds. The third-order valence-electron chi connectivity index (χ3n) is 10.6. The van der Waals surface area contributed by atoms with Crippen LogP contribution in [0.3, 0.4) is 0 Å². The second-order valence-electron chi connectivity index (χ2n) is 18.3. The molecular weight excluding hydrogens is 1040 g/mol. The molecule has 27 heteroatoms. The molecule has 0 spiro atoms. The molecule has 0 radical (unpaired) electrons. The number of rotatable bonds is 20. The Morgan fingerprint density at radius 3 is 1.47 bits per heavy atom. The van der Waals surface area contributed by atoms with E-state index in [0.717, 1.165) is 47.0 Å². The van der Waals surface area contributed by atoms with Crippen molar-refractivity contribution in [2.75, 3.05) is 19.6 Å². The van der Waals surface area contributed by atoms with Crippen molar-refractivity contribution in [3.63, 3.8) is 0 Å². The zero-order chi connectivity index (χ0) is 60.5. The van der Waals surface area contributed by atoms with E-state index in [0.29, 0.717) is 30.3 Å². The van der Waals surface area contributed by atoms with E-state index in [9.17, 15) is 43.2 Å². The number of para-hydroxylation sites is 1. The van der Waals surface area contributed by atoms with E-state index in [-0.39, 0.29) is 43.9 Å². The smallest absolute Gasteiger partial charge is 0.330 e. The zero-order valence-electron chi connectivity index (χ0n) is 44.8. The van der Waals surface area contributed by atoms with Crippen molar-refractivity contribution in [1.29, 1.82) is 0 Å². The minimum absolute atomic E-state index is 0.00432. The number of benzene rings is 3. The minimum Gasteiger partial charge on any atom is -0.480 e. The number of hydrogen-bond acceptors (Lipinski definition) is 21. The molecule has 79 heavy (non-hydrogen) atoms. The number of hydrogen-bond donors (Lipinski definition) is 15. The predicted octanol–water partition coefficient (Wildman–Crippen LogP) is -0.213. The summed E-state index contributed by atoms with van der Waals surface area (Å²) in [5, 5.41) is 45.3. The van der Waals surface area contributed by atoms with Crippen LogP contribution in [0, 0.1) is 11.8 Å². The largest absolute Gasteiger partial charge is 0.480 e. The molecule has 4 aromatic rings. The number of aliphatic carboxylic acids is 5. The van der Waals surface area contributed by atoms with Gasteiger partial charge in [-0.1, -0.05) is 70.2 Å². The van der Waals surface area contributed by atoms with Crippen molar-refractivity contribution in [2.24, 2.45) is 57.7 Å². The predicted molar refractivity (Wildman–Crippen MR) is 290 cm³/mol. The zero-order valence-corrected chi connectivity index (χ0v) is 44.8. The van der Waals surface area contributed by atoms with E-state index in [1.54, 1.807) is 48.5 Å². The monoisotopic (exact) mass is 1110 g/mol. The number of nitrogens with one attached hydrogen (secondary N) is 2. The highest BCUT2D eigenvalue weighted by Crippen LogP contribution is 2.20. The highest BCUT2D eigenvalue weighted by Gasteiger charge is 2.25. The number of ether oxygens (including phenoxy) is 3. The standard InChI is InChI=1S/C16H21N3O5.C14H20N2O4.C11H12N2O2.C6H13NO2.C3H7NO2.C2H5NO2/c17-9-14(20)24-15(21)12(18)8-10-3-5-11(6-4-10)23-16(22)13-2-1-7-19-13;1-8(2)12(16)14(19)20-10-5-3-9(4-6-10)7-11(15)13(17)18;12-9(11(14)15)5-7-6-13-10-4-2-1-3-8(7)10;1-4(2)3-5(7)6(8)9;1-2(4)3(5)6;3-1-2(4)5/h3-6,12-13,19H,1-2,7-9,17-18H2;3-6,8,11-12H,7,15-16H2,1-2H3,(H,17,18);1-4,6,9,13H,5,12H2,(H,14,15);4-5H,3,7H2,1-2H3,(H,8,9);2H,4H2,1H3,(H,5,6);1,3H2,(H,4,5)/t12-,13-;11-,12-;9-;5-;2-;/m00000./s1. The van der Waals surface area contributed by atoms with Gasteiger partial charge in [-0.05, 0) is 104 Å². The third kappa shape index (κ3) is 30.7. The van der Waals surface area contributed by atoms with Gasteiger partial charge in [-0.25, -0.2) is 14.4 Å². The Bertz CT molecular complexity index is 2530. The molecule has 438 valence electrons. The Labute approximate surface area is 456 Å². The fourth-order valence-electron chi connectivity index (χ4n) is 6.06.